The number of fused-ring (bicyclic) bond motifs is 1. The highest BCUT2D eigenvalue weighted by atomic mass is 32.1. The third-order valence-electron chi connectivity index (χ3n) is 4.21. The third-order valence-corrected chi connectivity index (χ3v) is 5.08. The van der Waals surface area contributed by atoms with Gasteiger partial charge in [0.1, 0.15) is 5.75 Å². The van der Waals surface area contributed by atoms with E-state index in [0.29, 0.717) is 6.54 Å². The van der Waals surface area contributed by atoms with Crippen molar-refractivity contribution in [2.24, 2.45) is 0 Å². The molecule has 3 rings (SSSR count). The van der Waals surface area contributed by atoms with Crippen LogP contribution in [0.2, 0.25) is 0 Å². The van der Waals surface area contributed by atoms with Gasteiger partial charge in [-0.3, -0.25) is 4.79 Å². The van der Waals surface area contributed by atoms with E-state index in [9.17, 15) is 4.79 Å². The van der Waals surface area contributed by atoms with Crippen LogP contribution < -0.4 is 10.1 Å². The Labute approximate surface area is 146 Å². The molecule has 0 aliphatic carbocycles. The molecule has 5 heteroatoms. The van der Waals surface area contributed by atoms with E-state index in [1.165, 1.54) is 0 Å². The predicted octanol–water partition coefficient (Wildman–Crippen LogP) is 4.36. The van der Waals surface area contributed by atoms with Crippen molar-refractivity contribution in [3.8, 4) is 5.75 Å². The van der Waals surface area contributed by atoms with Crippen LogP contribution >= 0.6 is 11.3 Å². The molecule has 1 aromatic carbocycles. The van der Waals surface area contributed by atoms with Gasteiger partial charge in [-0.05, 0) is 43.0 Å². The Morgan fingerprint density at radius 1 is 1.33 bits per heavy atom. The predicted molar refractivity (Wildman–Crippen MR) is 99.0 cm³/mol. The molecule has 24 heavy (non-hydrogen) atoms. The lowest BCUT2D eigenvalue weighted by Crippen LogP contribution is -2.23. The molecule has 2 heterocycles. The van der Waals surface area contributed by atoms with E-state index in [4.69, 9.17) is 4.74 Å². The van der Waals surface area contributed by atoms with E-state index in [2.05, 4.69) is 16.8 Å². The van der Waals surface area contributed by atoms with E-state index < -0.39 is 0 Å². The number of hydrogen-bond acceptors (Lipinski definition) is 3. The summed E-state index contributed by atoms with van der Waals surface area (Å²) in [5.74, 6) is 0.734. The molecule has 3 aromatic rings. The van der Waals surface area contributed by atoms with Gasteiger partial charge < -0.3 is 14.6 Å². The summed E-state index contributed by atoms with van der Waals surface area (Å²) >= 11 is 1.65. The number of benzene rings is 1. The lowest BCUT2D eigenvalue weighted by molar-refractivity contribution is 0.0952. The zero-order valence-corrected chi connectivity index (χ0v) is 15.1. The summed E-state index contributed by atoms with van der Waals surface area (Å²) in [6.45, 7) is 5.61. The summed E-state index contributed by atoms with van der Waals surface area (Å²) in [4.78, 5) is 14.0. The van der Waals surface area contributed by atoms with Crippen molar-refractivity contribution in [3.63, 3.8) is 0 Å². The van der Waals surface area contributed by atoms with E-state index >= 15 is 0 Å². The van der Waals surface area contributed by atoms with E-state index in [1.54, 1.807) is 18.4 Å². The van der Waals surface area contributed by atoms with Crippen LogP contribution in [0.25, 0.3) is 10.9 Å². The van der Waals surface area contributed by atoms with Crippen LogP contribution in [0.1, 0.15) is 34.3 Å². The molecule has 0 aliphatic rings. The first-order valence-corrected chi connectivity index (χ1v) is 9.01. The number of carbonyl (C=O) groups is 1. The minimum Gasteiger partial charge on any atom is -0.497 e. The molecule has 0 unspecified atom stereocenters. The quantitative estimate of drug-likeness (QED) is 0.723. The molecule has 126 valence electrons. The second kappa shape index (κ2) is 7.09. The second-order valence-electron chi connectivity index (χ2n) is 5.76. The number of aryl methyl sites for hydroxylation is 1. The maximum atomic E-state index is 12.8. The van der Waals surface area contributed by atoms with Gasteiger partial charge in [-0.25, -0.2) is 0 Å². The molecular weight excluding hydrogens is 320 g/mol. The molecule has 1 amide bonds. The SMILES string of the molecule is CCCn1c(C)c(C(=O)NCc2cccs2)c2cc(OC)ccc21. The largest absolute Gasteiger partial charge is 0.497 e. The van der Waals surface area contributed by atoms with Gasteiger partial charge >= 0.3 is 0 Å². The third kappa shape index (κ3) is 3.04. The molecular formula is C19H22N2O2S. The molecule has 1 N–H and O–H groups in total. The van der Waals surface area contributed by atoms with Crippen LogP contribution in [0.4, 0.5) is 0 Å². The molecule has 0 fully saturated rings. The summed E-state index contributed by atoms with van der Waals surface area (Å²) in [6, 6.07) is 9.96. The number of rotatable bonds is 6. The van der Waals surface area contributed by atoms with Gasteiger partial charge in [-0.1, -0.05) is 13.0 Å². The van der Waals surface area contributed by atoms with Crippen molar-refractivity contribution in [1.82, 2.24) is 9.88 Å². The Kier molecular flexibility index (Phi) is 4.90. The molecule has 0 bridgehead atoms. The lowest BCUT2D eigenvalue weighted by atomic mass is 10.1. The normalized spacial score (nSPS) is 11.0. The van der Waals surface area contributed by atoms with Crippen LogP contribution in [0.5, 0.6) is 5.75 Å². The Bertz CT molecular complexity index is 850. The number of hydrogen-bond donors (Lipinski definition) is 1. The lowest BCUT2D eigenvalue weighted by Gasteiger charge is -2.07. The topological polar surface area (TPSA) is 43.3 Å². The molecule has 2 aromatic heterocycles. The number of ether oxygens (including phenoxy) is 1. The maximum Gasteiger partial charge on any atom is 0.254 e. The van der Waals surface area contributed by atoms with Crippen LogP contribution in [0, 0.1) is 6.92 Å². The Balaban J connectivity index is 2.01. The van der Waals surface area contributed by atoms with Crippen LogP contribution in [-0.4, -0.2) is 17.6 Å². The summed E-state index contributed by atoms with van der Waals surface area (Å²) in [6.07, 6.45) is 1.02. The minimum absolute atomic E-state index is 0.0333. The fraction of sp³-hybridized carbons (Fsp3) is 0.316. The van der Waals surface area contributed by atoms with Crippen molar-refractivity contribution in [2.45, 2.75) is 33.4 Å². The number of nitrogens with one attached hydrogen (secondary N) is 1. The van der Waals surface area contributed by atoms with E-state index in [1.807, 2.05) is 42.6 Å². The van der Waals surface area contributed by atoms with Gasteiger partial charge in [0.15, 0.2) is 0 Å². The number of methoxy groups -OCH3 is 1. The maximum absolute atomic E-state index is 12.8. The average Bonchev–Trinajstić information content (AvgIpc) is 3.20. The highest BCUT2D eigenvalue weighted by molar-refractivity contribution is 7.09. The first kappa shape index (κ1) is 16.6. The number of aromatic nitrogens is 1. The highest BCUT2D eigenvalue weighted by Gasteiger charge is 2.20. The van der Waals surface area contributed by atoms with Crippen LogP contribution in [0.3, 0.4) is 0 Å². The highest BCUT2D eigenvalue weighted by Crippen LogP contribution is 2.29. The van der Waals surface area contributed by atoms with Crippen molar-refractivity contribution in [3.05, 3.63) is 51.8 Å². The Hall–Kier alpha value is -2.27. The van der Waals surface area contributed by atoms with Gasteiger partial charge in [-0.2, -0.15) is 0 Å². The van der Waals surface area contributed by atoms with Gasteiger partial charge in [0.2, 0.25) is 0 Å². The molecule has 0 radical (unpaired) electrons. The standard InChI is InChI=1S/C19H22N2O2S/c1-4-9-21-13(2)18(16-11-14(23-3)7-8-17(16)21)19(22)20-12-15-6-5-10-24-15/h5-8,10-11H,4,9,12H2,1-3H3,(H,20,22). The van der Waals surface area contributed by atoms with Crippen molar-refractivity contribution >= 4 is 28.1 Å². The first-order chi connectivity index (χ1) is 11.7. The van der Waals surface area contributed by atoms with Crippen molar-refractivity contribution in [2.75, 3.05) is 7.11 Å². The monoisotopic (exact) mass is 342 g/mol. The van der Waals surface area contributed by atoms with Crippen molar-refractivity contribution < 1.29 is 9.53 Å². The molecule has 0 saturated carbocycles. The fourth-order valence-corrected chi connectivity index (χ4v) is 3.70. The smallest absolute Gasteiger partial charge is 0.254 e. The summed E-state index contributed by atoms with van der Waals surface area (Å²) < 4.78 is 7.56. The number of nitrogens with zero attached hydrogens (tertiary/aromatic N) is 1. The van der Waals surface area contributed by atoms with E-state index in [-0.39, 0.29) is 5.91 Å². The summed E-state index contributed by atoms with van der Waals surface area (Å²) in [7, 11) is 1.65. The van der Waals surface area contributed by atoms with Crippen LogP contribution in [-0.2, 0) is 13.1 Å². The minimum atomic E-state index is -0.0333. The molecule has 4 nitrogen and oxygen atoms in total. The molecule has 0 saturated heterocycles. The van der Waals surface area contributed by atoms with Gasteiger partial charge in [0.05, 0.1) is 19.2 Å². The summed E-state index contributed by atoms with van der Waals surface area (Å²) in [5.41, 5.74) is 2.83. The fourth-order valence-electron chi connectivity index (χ4n) is 3.06. The molecule has 0 atom stereocenters. The number of thiophene rings is 1. The Morgan fingerprint density at radius 2 is 2.17 bits per heavy atom. The first-order valence-electron chi connectivity index (χ1n) is 8.13. The number of carbonyl (C=O) groups excluding carboxylic acids is 1. The van der Waals surface area contributed by atoms with Gasteiger partial charge in [0.25, 0.3) is 5.91 Å². The van der Waals surface area contributed by atoms with Gasteiger partial charge in [0, 0.05) is 28.0 Å². The van der Waals surface area contributed by atoms with Crippen molar-refractivity contribution in [1.29, 1.82) is 0 Å². The molecule has 0 spiro atoms. The Morgan fingerprint density at radius 3 is 2.83 bits per heavy atom. The average molecular weight is 342 g/mol. The second-order valence-corrected chi connectivity index (χ2v) is 6.79. The molecule has 0 aliphatic heterocycles. The van der Waals surface area contributed by atoms with Gasteiger partial charge in [-0.15, -0.1) is 11.3 Å². The summed E-state index contributed by atoms with van der Waals surface area (Å²) in [5, 5.41) is 6.01. The number of amides is 1. The van der Waals surface area contributed by atoms with Crippen LogP contribution in [0.15, 0.2) is 35.7 Å². The van der Waals surface area contributed by atoms with E-state index in [0.717, 1.165) is 45.8 Å². The zero-order valence-electron chi connectivity index (χ0n) is 14.3. The zero-order chi connectivity index (χ0) is 17.1.